The van der Waals surface area contributed by atoms with Crippen LogP contribution in [0.5, 0.6) is 0 Å². The lowest BCUT2D eigenvalue weighted by atomic mass is 10.2. The molecule has 2 aromatic rings. The fraction of sp³-hybridized carbons (Fsp3) is 0.444. The van der Waals surface area contributed by atoms with Gasteiger partial charge in [-0.25, -0.2) is 0 Å². The molecule has 0 atom stereocenters. The first kappa shape index (κ1) is 9.85. The van der Waals surface area contributed by atoms with Gasteiger partial charge in [0, 0.05) is 12.1 Å². The molecule has 0 unspecified atom stereocenters. The summed E-state index contributed by atoms with van der Waals surface area (Å²) in [6.45, 7) is 5.07. The molecule has 6 nitrogen and oxygen atoms in total. The lowest BCUT2D eigenvalue weighted by molar-refractivity contribution is 0.391. The van der Waals surface area contributed by atoms with E-state index in [4.69, 9.17) is 4.52 Å². The maximum atomic E-state index is 5.04. The predicted octanol–water partition coefficient (Wildman–Crippen LogP) is 0.964. The topological polar surface area (TPSA) is 77.0 Å². The van der Waals surface area contributed by atoms with Crippen molar-refractivity contribution in [2.24, 2.45) is 0 Å². The largest absolute Gasteiger partial charge is 0.361 e. The molecule has 0 amide bonds. The highest BCUT2D eigenvalue weighted by Crippen LogP contribution is 2.11. The van der Waals surface area contributed by atoms with Crippen molar-refractivity contribution < 1.29 is 9.05 Å². The monoisotopic (exact) mass is 208 g/mol. The highest BCUT2D eigenvalue weighted by Gasteiger charge is 2.08. The van der Waals surface area contributed by atoms with Crippen molar-refractivity contribution in [3.63, 3.8) is 0 Å². The second kappa shape index (κ2) is 4.22. The van der Waals surface area contributed by atoms with Crippen molar-refractivity contribution in [2.75, 3.05) is 0 Å². The Hall–Kier alpha value is -1.69. The fourth-order valence-electron chi connectivity index (χ4n) is 1.32. The molecule has 2 rings (SSSR count). The maximum Gasteiger partial charge on any atom is 0.213 e. The molecule has 0 aliphatic heterocycles. The summed E-state index contributed by atoms with van der Waals surface area (Å²) in [7, 11) is 0. The van der Waals surface area contributed by atoms with E-state index in [-0.39, 0.29) is 0 Å². The number of aryl methyl sites for hydroxylation is 2. The number of aromatic nitrogens is 3. The van der Waals surface area contributed by atoms with Gasteiger partial charge in [0.2, 0.25) is 6.39 Å². The molecule has 6 heteroatoms. The minimum atomic E-state index is 0.570. The SMILES string of the molecule is Cc1noc(C)c1CNCc1ncon1. The van der Waals surface area contributed by atoms with Gasteiger partial charge in [0.25, 0.3) is 0 Å². The Kier molecular flexibility index (Phi) is 2.77. The lowest BCUT2D eigenvalue weighted by Gasteiger charge is -2.00. The first-order valence-electron chi connectivity index (χ1n) is 4.65. The number of nitrogens with zero attached hydrogens (tertiary/aromatic N) is 3. The molecule has 1 N–H and O–H groups in total. The Labute approximate surface area is 86.6 Å². The van der Waals surface area contributed by atoms with Crippen LogP contribution < -0.4 is 5.32 Å². The summed E-state index contributed by atoms with van der Waals surface area (Å²) in [5, 5.41) is 10.7. The molecule has 15 heavy (non-hydrogen) atoms. The van der Waals surface area contributed by atoms with Crippen molar-refractivity contribution in [3.8, 4) is 0 Å². The van der Waals surface area contributed by atoms with Crippen molar-refractivity contribution in [1.82, 2.24) is 20.6 Å². The highest BCUT2D eigenvalue weighted by molar-refractivity contribution is 5.20. The van der Waals surface area contributed by atoms with Crippen LogP contribution in [-0.4, -0.2) is 15.3 Å². The molecule has 0 fully saturated rings. The molecular weight excluding hydrogens is 196 g/mol. The van der Waals surface area contributed by atoms with Crippen molar-refractivity contribution in [1.29, 1.82) is 0 Å². The van der Waals surface area contributed by atoms with Gasteiger partial charge in [-0.2, -0.15) is 4.98 Å². The normalized spacial score (nSPS) is 10.8. The number of hydrogen-bond acceptors (Lipinski definition) is 6. The molecule has 80 valence electrons. The van der Waals surface area contributed by atoms with Gasteiger partial charge in [0.15, 0.2) is 5.82 Å². The van der Waals surface area contributed by atoms with Gasteiger partial charge >= 0.3 is 0 Å². The lowest BCUT2D eigenvalue weighted by Crippen LogP contribution is -2.14. The molecule has 0 saturated carbocycles. The Morgan fingerprint density at radius 1 is 1.27 bits per heavy atom. The van der Waals surface area contributed by atoms with E-state index < -0.39 is 0 Å². The summed E-state index contributed by atoms with van der Waals surface area (Å²) in [4.78, 5) is 3.90. The summed E-state index contributed by atoms with van der Waals surface area (Å²) in [5.41, 5.74) is 1.99. The van der Waals surface area contributed by atoms with Gasteiger partial charge in [-0.3, -0.25) is 0 Å². The first-order chi connectivity index (χ1) is 7.27. The Morgan fingerprint density at radius 3 is 2.73 bits per heavy atom. The molecule has 0 radical (unpaired) electrons. The van der Waals surface area contributed by atoms with Crippen LogP contribution in [0.3, 0.4) is 0 Å². The summed E-state index contributed by atoms with van der Waals surface area (Å²) >= 11 is 0. The molecule has 0 aliphatic carbocycles. The van der Waals surface area contributed by atoms with Gasteiger partial charge in [-0.15, -0.1) is 0 Å². The quantitative estimate of drug-likeness (QED) is 0.806. The van der Waals surface area contributed by atoms with Crippen molar-refractivity contribution >= 4 is 0 Å². The van der Waals surface area contributed by atoms with E-state index in [1.165, 1.54) is 6.39 Å². The van der Waals surface area contributed by atoms with Gasteiger partial charge in [-0.1, -0.05) is 10.3 Å². The molecule has 0 bridgehead atoms. The number of hydrogen-bond donors (Lipinski definition) is 1. The summed E-state index contributed by atoms with van der Waals surface area (Å²) < 4.78 is 9.66. The van der Waals surface area contributed by atoms with Gasteiger partial charge < -0.3 is 14.4 Å². The number of rotatable bonds is 4. The van der Waals surface area contributed by atoms with Gasteiger partial charge in [-0.05, 0) is 13.8 Å². The Morgan fingerprint density at radius 2 is 2.13 bits per heavy atom. The summed E-state index contributed by atoms with van der Waals surface area (Å²) in [5.74, 6) is 1.48. The van der Waals surface area contributed by atoms with Crippen LogP contribution in [0.4, 0.5) is 0 Å². The minimum Gasteiger partial charge on any atom is -0.361 e. The summed E-state index contributed by atoms with van der Waals surface area (Å²) in [6, 6.07) is 0. The van der Waals surface area contributed by atoms with Gasteiger partial charge in [0.1, 0.15) is 5.76 Å². The Balaban J connectivity index is 1.89. The molecule has 2 heterocycles. The van der Waals surface area contributed by atoms with E-state index in [0.717, 1.165) is 17.0 Å². The second-order valence-corrected chi connectivity index (χ2v) is 3.25. The molecule has 0 saturated heterocycles. The van der Waals surface area contributed by atoms with Crippen LogP contribution in [0.2, 0.25) is 0 Å². The third-order valence-electron chi connectivity index (χ3n) is 2.17. The molecule has 0 aromatic carbocycles. The first-order valence-corrected chi connectivity index (χ1v) is 4.65. The van der Waals surface area contributed by atoms with Crippen LogP contribution >= 0.6 is 0 Å². The molecular formula is C9H12N4O2. The zero-order valence-corrected chi connectivity index (χ0v) is 8.65. The van der Waals surface area contributed by atoms with Crippen LogP contribution in [0.1, 0.15) is 22.8 Å². The van der Waals surface area contributed by atoms with E-state index in [0.29, 0.717) is 18.9 Å². The van der Waals surface area contributed by atoms with E-state index in [9.17, 15) is 0 Å². The third-order valence-corrected chi connectivity index (χ3v) is 2.17. The second-order valence-electron chi connectivity index (χ2n) is 3.25. The summed E-state index contributed by atoms with van der Waals surface area (Å²) in [6.07, 6.45) is 1.31. The average Bonchev–Trinajstić information content (AvgIpc) is 2.82. The van der Waals surface area contributed by atoms with E-state index in [2.05, 4.69) is 25.1 Å². The van der Waals surface area contributed by atoms with Crippen molar-refractivity contribution in [3.05, 3.63) is 29.2 Å². The van der Waals surface area contributed by atoms with E-state index in [1.54, 1.807) is 0 Å². The molecule has 0 aliphatic rings. The van der Waals surface area contributed by atoms with Crippen molar-refractivity contribution in [2.45, 2.75) is 26.9 Å². The van der Waals surface area contributed by atoms with Crippen LogP contribution in [-0.2, 0) is 13.1 Å². The molecule has 2 aromatic heterocycles. The third kappa shape index (κ3) is 2.21. The average molecular weight is 208 g/mol. The predicted molar refractivity (Wildman–Crippen MR) is 50.8 cm³/mol. The van der Waals surface area contributed by atoms with E-state index >= 15 is 0 Å². The smallest absolute Gasteiger partial charge is 0.213 e. The minimum absolute atomic E-state index is 0.570. The van der Waals surface area contributed by atoms with E-state index in [1.807, 2.05) is 13.8 Å². The molecule has 0 spiro atoms. The van der Waals surface area contributed by atoms with Gasteiger partial charge in [0.05, 0.1) is 12.2 Å². The van der Waals surface area contributed by atoms with Crippen LogP contribution in [0.25, 0.3) is 0 Å². The fourth-order valence-corrected chi connectivity index (χ4v) is 1.32. The standard InChI is InChI=1S/C9H12N4O2/c1-6-8(7(2)15-12-6)3-10-4-9-11-5-14-13-9/h5,10H,3-4H2,1-2H3. The zero-order valence-electron chi connectivity index (χ0n) is 8.65. The maximum absolute atomic E-state index is 5.04. The number of nitrogens with one attached hydrogen (secondary N) is 1. The van der Waals surface area contributed by atoms with Crippen LogP contribution in [0, 0.1) is 13.8 Å². The zero-order chi connectivity index (χ0) is 10.7. The van der Waals surface area contributed by atoms with Crippen LogP contribution in [0.15, 0.2) is 15.4 Å². The Bertz CT molecular complexity index is 402. The highest BCUT2D eigenvalue weighted by atomic mass is 16.5.